The largest absolute Gasteiger partial charge is 0.490 e. The Morgan fingerprint density at radius 1 is 1.18 bits per heavy atom. The summed E-state index contributed by atoms with van der Waals surface area (Å²) in [4.78, 5) is 44.0. The van der Waals surface area contributed by atoms with Crippen LogP contribution in [0.2, 0.25) is 0 Å². The van der Waals surface area contributed by atoms with Crippen LogP contribution in [0.25, 0.3) is 17.1 Å². The van der Waals surface area contributed by atoms with E-state index in [1.807, 2.05) is 0 Å². The minimum Gasteiger partial charge on any atom is -0.390 e. The van der Waals surface area contributed by atoms with Crippen LogP contribution in [-0.4, -0.2) is 64.6 Å². The first kappa shape index (κ1) is 27.0. The van der Waals surface area contributed by atoms with Gasteiger partial charge in [-0.05, 0) is 0 Å². The summed E-state index contributed by atoms with van der Waals surface area (Å²) in [7, 11) is -16.5. The number of nitrogen functional groups attached to an aromatic ring is 1. The van der Waals surface area contributed by atoms with E-state index in [4.69, 9.17) is 26.0 Å². The van der Waals surface area contributed by atoms with Crippen molar-refractivity contribution in [3.63, 3.8) is 0 Å². The Hall–Kier alpha value is -1.55. The van der Waals surface area contributed by atoms with Crippen molar-refractivity contribution in [2.24, 2.45) is 5.73 Å². The molecule has 1 aliphatic heterocycles. The van der Waals surface area contributed by atoms with Gasteiger partial charge in [-0.3, -0.25) is 4.52 Å². The van der Waals surface area contributed by atoms with Crippen molar-refractivity contribution in [3.05, 3.63) is 24.2 Å². The van der Waals surface area contributed by atoms with Gasteiger partial charge in [0, 0.05) is 24.7 Å². The third kappa shape index (κ3) is 6.77. The molecule has 5 atom stereocenters. The maximum absolute atomic E-state index is 11.9. The number of anilines is 1. The molecule has 9 N–H and O–H groups in total. The van der Waals surface area contributed by atoms with Gasteiger partial charge < -0.3 is 45.5 Å². The summed E-state index contributed by atoms with van der Waals surface area (Å²) < 4.78 is 53.1. The normalized spacial score (nSPS) is 25.1. The second kappa shape index (κ2) is 10.2. The number of aliphatic hydroxyl groups excluding tert-OH is 1. The van der Waals surface area contributed by atoms with E-state index in [9.17, 15) is 28.6 Å². The molecule has 17 nitrogen and oxygen atoms in total. The molecule has 1 saturated heterocycles. The van der Waals surface area contributed by atoms with Gasteiger partial charge in [-0.25, -0.2) is 23.7 Å². The van der Waals surface area contributed by atoms with Crippen LogP contribution in [0, 0.1) is 0 Å². The number of aromatic nitrogens is 3. The van der Waals surface area contributed by atoms with E-state index in [0.717, 1.165) is 0 Å². The van der Waals surface area contributed by atoms with Crippen molar-refractivity contribution in [2.75, 3.05) is 18.9 Å². The fourth-order valence-corrected chi connectivity index (χ4v) is 6.22. The highest BCUT2D eigenvalue weighted by Gasteiger charge is 2.43. The summed E-state index contributed by atoms with van der Waals surface area (Å²) in [5.41, 5.74) is 12.5. The first-order valence-electron chi connectivity index (χ1n) is 9.31. The zero-order valence-corrected chi connectivity index (χ0v) is 19.8. The van der Waals surface area contributed by atoms with Crippen LogP contribution in [0.1, 0.15) is 18.2 Å². The highest BCUT2D eigenvalue weighted by atomic mass is 31.3. The number of nitrogens with two attached hydrogens (primary N) is 2. The lowest BCUT2D eigenvalue weighted by Gasteiger charge is -2.19. The second-order valence-corrected chi connectivity index (χ2v) is 11.3. The van der Waals surface area contributed by atoms with E-state index in [1.54, 1.807) is 22.9 Å². The quantitative estimate of drug-likeness (QED) is 0.193. The topological polar surface area (TPSA) is 272 Å². The average molecular weight is 545 g/mol. The molecule has 20 heteroatoms. The second-order valence-electron chi connectivity index (χ2n) is 6.91. The van der Waals surface area contributed by atoms with Crippen LogP contribution in [0.15, 0.2) is 18.6 Å². The molecule has 0 aromatic carbocycles. The molecule has 3 rings (SSSR count). The third-order valence-electron chi connectivity index (χ3n) is 4.43. The Bertz CT molecular complexity index is 1210. The van der Waals surface area contributed by atoms with Crippen molar-refractivity contribution in [1.82, 2.24) is 14.5 Å². The van der Waals surface area contributed by atoms with E-state index >= 15 is 0 Å². The Morgan fingerprint density at radius 3 is 2.53 bits per heavy atom. The molecular weight excluding hydrogens is 523 g/mol. The number of ether oxygens (including phenoxy) is 1. The number of phosphoric acid groups is 3. The van der Waals surface area contributed by atoms with Crippen molar-refractivity contribution < 1.29 is 56.3 Å². The molecule has 0 amide bonds. The van der Waals surface area contributed by atoms with Crippen molar-refractivity contribution in [3.8, 4) is 0 Å². The molecule has 3 heterocycles. The van der Waals surface area contributed by atoms with Crippen LogP contribution < -0.4 is 11.5 Å². The Labute approximate surface area is 191 Å². The van der Waals surface area contributed by atoms with E-state index in [1.165, 1.54) is 6.33 Å². The summed E-state index contributed by atoms with van der Waals surface area (Å²) >= 11 is 0. The minimum atomic E-state index is -5.66. The number of rotatable bonds is 10. The fourth-order valence-electron chi connectivity index (χ4n) is 3.19. The number of nitrogens with zero attached hydrogens (tertiary/aromatic N) is 3. The van der Waals surface area contributed by atoms with Gasteiger partial charge in [0.1, 0.15) is 30.1 Å². The molecule has 34 heavy (non-hydrogen) atoms. The van der Waals surface area contributed by atoms with Crippen LogP contribution >= 0.6 is 23.5 Å². The summed E-state index contributed by atoms with van der Waals surface area (Å²) in [5, 5.41) is 10.8. The van der Waals surface area contributed by atoms with Gasteiger partial charge in [0.15, 0.2) is 0 Å². The number of hydrogen-bond acceptors (Lipinski definition) is 12. The fraction of sp³-hybridized carbons (Fsp3) is 0.429. The van der Waals surface area contributed by atoms with Crippen LogP contribution in [0.4, 0.5) is 5.82 Å². The van der Waals surface area contributed by atoms with Gasteiger partial charge in [0.25, 0.3) is 0 Å². The van der Waals surface area contributed by atoms with Crippen LogP contribution in [0.3, 0.4) is 0 Å². The first-order valence-corrected chi connectivity index (χ1v) is 13.8. The Balaban J connectivity index is 1.73. The Morgan fingerprint density at radius 2 is 1.88 bits per heavy atom. The van der Waals surface area contributed by atoms with Gasteiger partial charge in [-0.1, -0.05) is 12.2 Å². The lowest BCUT2D eigenvalue weighted by molar-refractivity contribution is -0.0421. The SMILES string of the molecule is NC/C=C/c1cn([C@H]2C[C@H](O)[C@@H](COP(=O)(O)OP(=O)(O)OP(=O)(O)O)O2)c2ncnc(N)c12. The Kier molecular flexibility index (Phi) is 8.12. The van der Waals surface area contributed by atoms with Crippen molar-refractivity contribution in [1.29, 1.82) is 0 Å². The van der Waals surface area contributed by atoms with Gasteiger partial charge in [-0.2, -0.15) is 8.62 Å². The number of aliphatic hydroxyl groups is 1. The molecule has 0 spiro atoms. The third-order valence-corrected chi connectivity index (χ3v) is 8.24. The predicted octanol–water partition coefficient (Wildman–Crippen LogP) is -0.0229. The molecule has 0 bridgehead atoms. The summed E-state index contributed by atoms with van der Waals surface area (Å²) in [5.74, 6) is 0.197. The molecule has 2 unspecified atom stereocenters. The van der Waals surface area contributed by atoms with Gasteiger partial charge in [0.05, 0.1) is 18.1 Å². The minimum absolute atomic E-state index is 0.00183. The molecule has 0 radical (unpaired) electrons. The molecule has 190 valence electrons. The molecule has 0 saturated carbocycles. The number of phosphoric ester groups is 1. The highest BCUT2D eigenvalue weighted by molar-refractivity contribution is 7.66. The molecule has 1 aliphatic rings. The zero-order chi connectivity index (χ0) is 25.3. The number of hydrogen-bond donors (Lipinski definition) is 7. The molecular formula is C14H22N5O12P3. The van der Waals surface area contributed by atoms with E-state index in [-0.39, 0.29) is 18.8 Å². The van der Waals surface area contributed by atoms with Crippen LogP contribution in [-0.2, 0) is 31.6 Å². The first-order chi connectivity index (χ1) is 15.7. The maximum Gasteiger partial charge on any atom is 0.490 e. The highest BCUT2D eigenvalue weighted by Crippen LogP contribution is 2.66. The van der Waals surface area contributed by atoms with Gasteiger partial charge in [0.2, 0.25) is 0 Å². The van der Waals surface area contributed by atoms with Crippen molar-refractivity contribution in [2.45, 2.75) is 24.9 Å². The zero-order valence-electron chi connectivity index (χ0n) is 17.1. The monoisotopic (exact) mass is 545 g/mol. The maximum atomic E-state index is 11.9. The summed E-state index contributed by atoms with van der Waals surface area (Å²) in [6.07, 6.45) is 3.04. The molecule has 1 fully saturated rings. The van der Waals surface area contributed by atoms with E-state index in [0.29, 0.717) is 16.6 Å². The summed E-state index contributed by atoms with van der Waals surface area (Å²) in [6.45, 7) is -0.529. The standard InChI is InChI=1S/C14H22N5O12P3/c15-3-1-2-8-5-19(14-12(8)13(16)17-7-18-14)11-4-9(20)10(29-11)6-28-33(24,25)31-34(26,27)30-32(21,22)23/h1-2,5,7,9-11,20H,3-4,6,15H2,(H,24,25)(H,26,27)(H2,16,17,18)(H2,21,22,23)/b2-1+/t9-,10+,11+/m0/s1. The smallest absolute Gasteiger partial charge is 0.390 e. The predicted molar refractivity (Wildman–Crippen MR) is 114 cm³/mol. The van der Waals surface area contributed by atoms with Gasteiger partial charge in [-0.15, -0.1) is 0 Å². The average Bonchev–Trinajstić information content (AvgIpc) is 3.23. The number of fused-ring (bicyclic) bond motifs is 1. The van der Waals surface area contributed by atoms with Crippen molar-refractivity contribution >= 4 is 46.4 Å². The van der Waals surface area contributed by atoms with Crippen LogP contribution in [0.5, 0.6) is 0 Å². The van der Waals surface area contributed by atoms with E-state index < -0.39 is 48.5 Å². The summed E-state index contributed by atoms with van der Waals surface area (Å²) in [6, 6.07) is 0. The van der Waals surface area contributed by atoms with Gasteiger partial charge >= 0.3 is 23.5 Å². The lowest BCUT2D eigenvalue weighted by Crippen LogP contribution is -2.26. The van der Waals surface area contributed by atoms with E-state index in [2.05, 4.69) is 23.1 Å². The lowest BCUT2D eigenvalue weighted by atomic mass is 10.2. The molecule has 0 aliphatic carbocycles. The molecule has 2 aromatic heterocycles. The molecule has 2 aromatic rings.